The van der Waals surface area contributed by atoms with E-state index in [1.54, 1.807) is 0 Å². The zero-order valence-electron chi connectivity index (χ0n) is 9.82. The first-order chi connectivity index (χ1) is 7.28. The summed E-state index contributed by atoms with van der Waals surface area (Å²) in [5.74, 6) is 1.67. The van der Waals surface area contributed by atoms with Gasteiger partial charge in [0.2, 0.25) is 0 Å². The Morgan fingerprint density at radius 3 is 2.73 bits per heavy atom. The first kappa shape index (κ1) is 10.1. The van der Waals surface area contributed by atoms with E-state index in [4.69, 9.17) is 9.47 Å². The van der Waals surface area contributed by atoms with E-state index < -0.39 is 0 Å². The minimum atomic E-state index is 0.577. The van der Waals surface area contributed by atoms with E-state index in [1.165, 1.54) is 32.1 Å². The topological polar surface area (TPSA) is 25.1 Å². The molecule has 0 amide bonds. The SMILES string of the molecule is CCC1OC1C(C)CC1CCC2OC2C1. The smallest absolute Gasteiger partial charge is 0.0867 e. The molecule has 2 saturated heterocycles. The first-order valence-electron chi connectivity index (χ1n) is 6.59. The molecule has 2 nitrogen and oxygen atoms in total. The Labute approximate surface area is 92.3 Å². The van der Waals surface area contributed by atoms with E-state index in [-0.39, 0.29) is 0 Å². The molecule has 3 fully saturated rings. The third-order valence-electron chi connectivity index (χ3n) is 4.40. The zero-order valence-corrected chi connectivity index (χ0v) is 9.82. The van der Waals surface area contributed by atoms with Gasteiger partial charge in [0, 0.05) is 0 Å². The Kier molecular flexibility index (Phi) is 2.52. The average Bonchev–Trinajstić information content (AvgIpc) is 3.11. The van der Waals surface area contributed by atoms with Gasteiger partial charge in [-0.05, 0) is 43.9 Å². The minimum Gasteiger partial charge on any atom is -0.370 e. The Morgan fingerprint density at radius 2 is 2.07 bits per heavy atom. The predicted octanol–water partition coefficient (Wildman–Crippen LogP) is 2.76. The highest BCUT2D eigenvalue weighted by molar-refractivity contribution is 4.94. The molecule has 1 saturated carbocycles. The summed E-state index contributed by atoms with van der Waals surface area (Å²) in [6.45, 7) is 4.58. The number of hydrogen-bond acceptors (Lipinski definition) is 2. The van der Waals surface area contributed by atoms with Crippen molar-refractivity contribution in [3.05, 3.63) is 0 Å². The van der Waals surface area contributed by atoms with Crippen molar-refractivity contribution >= 4 is 0 Å². The third kappa shape index (κ3) is 2.07. The zero-order chi connectivity index (χ0) is 10.4. The molecule has 2 heterocycles. The van der Waals surface area contributed by atoms with E-state index in [9.17, 15) is 0 Å². The summed E-state index contributed by atoms with van der Waals surface area (Å²) in [5, 5.41) is 0. The van der Waals surface area contributed by atoms with E-state index in [1.807, 2.05) is 0 Å². The Balaban J connectivity index is 1.44. The van der Waals surface area contributed by atoms with Crippen molar-refractivity contribution < 1.29 is 9.47 Å². The summed E-state index contributed by atoms with van der Waals surface area (Å²) in [4.78, 5) is 0. The molecule has 0 aromatic heterocycles. The van der Waals surface area contributed by atoms with Gasteiger partial charge in [-0.25, -0.2) is 0 Å². The van der Waals surface area contributed by atoms with E-state index in [0.717, 1.165) is 11.8 Å². The lowest BCUT2D eigenvalue weighted by Crippen LogP contribution is -2.18. The van der Waals surface area contributed by atoms with Crippen LogP contribution < -0.4 is 0 Å². The first-order valence-corrected chi connectivity index (χ1v) is 6.59. The van der Waals surface area contributed by atoms with Crippen LogP contribution in [0.4, 0.5) is 0 Å². The van der Waals surface area contributed by atoms with Crippen molar-refractivity contribution in [1.29, 1.82) is 0 Å². The van der Waals surface area contributed by atoms with Gasteiger partial charge in [-0.1, -0.05) is 13.8 Å². The number of hydrogen-bond donors (Lipinski definition) is 0. The van der Waals surface area contributed by atoms with E-state index >= 15 is 0 Å². The van der Waals surface area contributed by atoms with Crippen LogP contribution in [0.1, 0.15) is 46.0 Å². The maximum absolute atomic E-state index is 5.68. The van der Waals surface area contributed by atoms with Gasteiger partial charge < -0.3 is 9.47 Å². The molecule has 0 bridgehead atoms. The van der Waals surface area contributed by atoms with Gasteiger partial charge in [0.05, 0.1) is 24.4 Å². The van der Waals surface area contributed by atoms with Crippen molar-refractivity contribution in [3.8, 4) is 0 Å². The maximum atomic E-state index is 5.68. The van der Waals surface area contributed by atoms with Gasteiger partial charge in [0.15, 0.2) is 0 Å². The van der Waals surface area contributed by atoms with Crippen LogP contribution in [0.2, 0.25) is 0 Å². The summed E-state index contributed by atoms with van der Waals surface area (Å²) in [6.07, 6.45) is 9.00. The van der Waals surface area contributed by atoms with Crippen LogP contribution in [0, 0.1) is 11.8 Å². The molecular weight excluding hydrogens is 188 g/mol. The molecule has 3 rings (SSSR count). The van der Waals surface area contributed by atoms with Crippen LogP contribution in [-0.4, -0.2) is 24.4 Å². The quantitative estimate of drug-likeness (QED) is 0.667. The average molecular weight is 210 g/mol. The third-order valence-corrected chi connectivity index (χ3v) is 4.40. The number of fused-ring (bicyclic) bond motifs is 1. The molecule has 2 aliphatic heterocycles. The molecule has 0 spiro atoms. The lowest BCUT2D eigenvalue weighted by molar-refractivity contribution is 0.262. The molecule has 1 aliphatic carbocycles. The molecular formula is C13H22O2. The molecule has 86 valence electrons. The van der Waals surface area contributed by atoms with Crippen LogP contribution in [0.5, 0.6) is 0 Å². The van der Waals surface area contributed by atoms with Crippen LogP contribution in [-0.2, 0) is 9.47 Å². The lowest BCUT2D eigenvalue weighted by atomic mass is 9.82. The lowest BCUT2D eigenvalue weighted by Gasteiger charge is -2.21. The van der Waals surface area contributed by atoms with Crippen molar-refractivity contribution in [3.63, 3.8) is 0 Å². The summed E-state index contributed by atoms with van der Waals surface area (Å²) < 4.78 is 11.3. The molecule has 2 heteroatoms. The fourth-order valence-electron chi connectivity index (χ4n) is 3.35. The molecule has 0 aromatic carbocycles. The number of rotatable bonds is 4. The molecule has 0 aromatic rings. The minimum absolute atomic E-state index is 0.577. The van der Waals surface area contributed by atoms with Gasteiger partial charge in [0.25, 0.3) is 0 Å². The summed E-state index contributed by atoms with van der Waals surface area (Å²) >= 11 is 0. The predicted molar refractivity (Wildman–Crippen MR) is 58.7 cm³/mol. The van der Waals surface area contributed by atoms with Gasteiger partial charge in [-0.15, -0.1) is 0 Å². The summed E-state index contributed by atoms with van der Waals surface area (Å²) in [7, 11) is 0. The van der Waals surface area contributed by atoms with Crippen molar-refractivity contribution in [2.45, 2.75) is 70.4 Å². The molecule has 0 radical (unpaired) electrons. The van der Waals surface area contributed by atoms with Crippen LogP contribution in [0.15, 0.2) is 0 Å². The van der Waals surface area contributed by atoms with Crippen molar-refractivity contribution in [2.75, 3.05) is 0 Å². The van der Waals surface area contributed by atoms with E-state index in [0.29, 0.717) is 24.4 Å². The maximum Gasteiger partial charge on any atom is 0.0867 e. The van der Waals surface area contributed by atoms with Crippen molar-refractivity contribution in [1.82, 2.24) is 0 Å². The highest BCUT2D eigenvalue weighted by atomic mass is 16.6. The summed E-state index contributed by atoms with van der Waals surface area (Å²) in [5.41, 5.74) is 0. The summed E-state index contributed by atoms with van der Waals surface area (Å²) in [6, 6.07) is 0. The van der Waals surface area contributed by atoms with Crippen LogP contribution >= 0.6 is 0 Å². The molecule has 15 heavy (non-hydrogen) atoms. The van der Waals surface area contributed by atoms with E-state index in [2.05, 4.69) is 13.8 Å². The number of ether oxygens (including phenoxy) is 2. The fraction of sp³-hybridized carbons (Fsp3) is 1.00. The highest BCUT2D eigenvalue weighted by Crippen LogP contribution is 2.43. The fourth-order valence-corrected chi connectivity index (χ4v) is 3.35. The second kappa shape index (κ2) is 3.74. The number of epoxide rings is 2. The van der Waals surface area contributed by atoms with Crippen LogP contribution in [0.25, 0.3) is 0 Å². The molecule has 0 N–H and O–H groups in total. The standard InChI is InChI=1S/C13H22O2/c1-3-10-13(15-10)8(2)6-9-4-5-11-12(7-9)14-11/h8-13H,3-7H2,1-2H3. The van der Waals surface area contributed by atoms with Crippen LogP contribution in [0.3, 0.4) is 0 Å². The van der Waals surface area contributed by atoms with Gasteiger partial charge >= 0.3 is 0 Å². The Bertz CT molecular complexity index is 241. The molecule has 6 unspecified atom stereocenters. The highest BCUT2D eigenvalue weighted by Gasteiger charge is 2.46. The monoisotopic (exact) mass is 210 g/mol. The van der Waals surface area contributed by atoms with Gasteiger partial charge in [-0.3, -0.25) is 0 Å². The Morgan fingerprint density at radius 1 is 1.20 bits per heavy atom. The normalized spacial score (nSPS) is 49.6. The Hall–Kier alpha value is -0.0800. The van der Waals surface area contributed by atoms with Crippen molar-refractivity contribution in [2.24, 2.45) is 11.8 Å². The molecule has 6 atom stereocenters. The van der Waals surface area contributed by atoms with Gasteiger partial charge in [0.1, 0.15) is 0 Å². The second-order valence-corrected chi connectivity index (χ2v) is 5.65. The second-order valence-electron chi connectivity index (χ2n) is 5.65. The largest absolute Gasteiger partial charge is 0.370 e. The molecule has 3 aliphatic rings. The van der Waals surface area contributed by atoms with Gasteiger partial charge in [-0.2, -0.15) is 0 Å².